The van der Waals surface area contributed by atoms with Crippen molar-refractivity contribution in [3.05, 3.63) is 72.4 Å². The quantitative estimate of drug-likeness (QED) is 0.352. The number of nitrogens with one attached hydrogen (secondary N) is 2. The van der Waals surface area contributed by atoms with Crippen LogP contribution < -0.4 is 14.9 Å². The molecule has 0 saturated carbocycles. The van der Waals surface area contributed by atoms with Gasteiger partial charge < -0.3 is 15.1 Å². The first-order valence-corrected chi connectivity index (χ1v) is 12.4. The van der Waals surface area contributed by atoms with Crippen LogP contribution in [0.1, 0.15) is 5.56 Å². The standard InChI is InChI=1S/C24H27N7O2S/c1-29-12-14-30(15-13-29)20-8-6-19(7-9-20)27-24-25-17-21-10-11-23(31(21)28-24)22-5-3-2-4-18(22)16-26-34(32)33/h2-11,17,34H,12-16H2,1H3,(H,27,28)(H,26,32,33). The Labute approximate surface area is 200 Å². The molecule has 9 nitrogen and oxygen atoms in total. The summed E-state index contributed by atoms with van der Waals surface area (Å²) < 4.78 is 26.3. The van der Waals surface area contributed by atoms with E-state index in [0.717, 1.165) is 54.2 Å². The van der Waals surface area contributed by atoms with Crippen LogP contribution in [0, 0.1) is 0 Å². The maximum absolute atomic E-state index is 11.0. The topological polar surface area (TPSA) is 94.9 Å². The van der Waals surface area contributed by atoms with Crippen molar-refractivity contribution >= 4 is 33.7 Å². The van der Waals surface area contributed by atoms with Crippen LogP contribution in [-0.4, -0.2) is 61.1 Å². The number of nitrogens with zero attached hydrogens (tertiary/aromatic N) is 5. The highest BCUT2D eigenvalue weighted by molar-refractivity contribution is 7.70. The summed E-state index contributed by atoms with van der Waals surface area (Å²) in [6.07, 6.45) is 1.77. The zero-order valence-electron chi connectivity index (χ0n) is 18.9. The largest absolute Gasteiger partial charge is 0.369 e. The number of rotatable bonds is 7. The Morgan fingerprint density at radius 1 is 0.941 bits per heavy atom. The Hall–Kier alpha value is -3.47. The number of anilines is 3. The zero-order valence-corrected chi connectivity index (χ0v) is 19.8. The normalized spacial score (nSPS) is 14.7. The average molecular weight is 478 g/mol. The van der Waals surface area contributed by atoms with Gasteiger partial charge in [-0.25, -0.2) is 22.6 Å². The van der Waals surface area contributed by atoms with Crippen LogP contribution in [0.5, 0.6) is 0 Å². The molecule has 10 heteroatoms. The third-order valence-electron chi connectivity index (χ3n) is 6.08. The molecule has 2 aromatic carbocycles. The monoisotopic (exact) mass is 477 g/mol. The summed E-state index contributed by atoms with van der Waals surface area (Å²) in [6.45, 7) is 4.42. The van der Waals surface area contributed by atoms with E-state index < -0.39 is 10.9 Å². The summed E-state index contributed by atoms with van der Waals surface area (Å²) >= 11 is 0. The molecule has 176 valence electrons. The van der Waals surface area contributed by atoms with E-state index in [1.807, 2.05) is 53.0 Å². The molecule has 34 heavy (non-hydrogen) atoms. The molecular weight excluding hydrogens is 450 g/mol. The first-order chi connectivity index (χ1) is 16.6. The molecule has 0 unspecified atom stereocenters. The molecule has 2 N–H and O–H groups in total. The number of hydrogen-bond acceptors (Lipinski definition) is 7. The highest BCUT2D eigenvalue weighted by Crippen LogP contribution is 2.26. The lowest BCUT2D eigenvalue weighted by Gasteiger charge is -2.34. The minimum absolute atomic E-state index is 0.220. The van der Waals surface area contributed by atoms with Gasteiger partial charge in [0, 0.05) is 49.7 Å². The van der Waals surface area contributed by atoms with Crippen LogP contribution in [0.15, 0.2) is 66.9 Å². The van der Waals surface area contributed by atoms with Gasteiger partial charge in [-0.3, -0.25) is 0 Å². The van der Waals surface area contributed by atoms with Crippen molar-refractivity contribution in [2.24, 2.45) is 0 Å². The van der Waals surface area contributed by atoms with Gasteiger partial charge in [0.2, 0.25) is 16.8 Å². The second-order valence-electron chi connectivity index (χ2n) is 8.35. The van der Waals surface area contributed by atoms with Crippen LogP contribution >= 0.6 is 0 Å². The summed E-state index contributed by atoms with van der Waals surface area (Å²) in [5.74, 6) is 0.482. The highest BCUT2D eigenvalue weighted by atomic mass is 32.2. The second-order valence-corrected chi connectivity index (χ2v) is 9.18. The van der Waals surface area contributed by atoms with Crippen LogP contribution in [0.25, 0.3) is 16.8 Å². The molecular formula is C24H27N7O2S. The summed E-state index contributed by atoms with van der Waals surface area (Å²) in [4.78, 5) is 9.20. The Balaban J connectivity index is 1.38. The Bertz CT molecular complexity index is 1350. The zero-order chi connectivity index (χ0) is 23.5. The molecule has 0 spiro atoms. The summed E-state index contributed by atoms with van der Waals surface area (Å²) in [5, 5.41) is 8.00. The van der Waals surface area contributed by atoms with Gasteiger partial charge in [-0.2, -0.15) is 0 Å². The molecule has 1 fully saturated rings. The minimum Gasteiger partial charge on any atom is -0.369 e. The van der Waals surface area contributed by atoms with E-state index >= 15 is 0 Å². The number of hydrogen-bond donors (Lipinski definition) is 3. The van der Waals surface area contributed by atoms with Gasteiger partial charge in [0.05, 0.1) is 17.4 Å². The van der Waals surface area contributed by atoms with Crippen molar-refractivity contribution in [1.82, 2.24) is 24.2 Å². The van der Waals surface area contributed by atoms with Gasteiger partial charge in [-0.05, 0) is 49.0 Å². The lowest BCUT2D eigenvalue weighted by atomic mass is 10.1. The second kappa shape index (κ2) is 9.80. The maximum atomic E-state index is 11.0. The molecule has 1 saturated heterocycles. The fourth-order valence-electron chi connectivity index (χ4n) is 4.19. The smallest absolute Gasteiger partial charge is 0.245 e. The van der Waals surface area contributed by atoms with Gasteiger partial charge in [0.15, 0.2) is 0 Å². The van der Waals surface area contributed by atoms with Gasteiger partial charge in [-0.1, -0.05) is 24.3 Å². The molecule has 0 bridgehead atoms. The van der Waals surface area contributed by atoms with Crippen molar-refractivity contribution in [3.63, 3.8) is 0 Å². The van der Waals surface area contributed by atoms with Crippen LogP contribution in [0.2, 0.25) is 0 Å². The van der Waals surface area contributed by atoms with Crippen LogP contribution in [-0.2, 0) is 17.4 Å². The molecule has 0 amide bonds. The minimum atomic E-state index is -2.67. The predicted molar refractivity (Wildman–Crippen MR) is 135 cm³/mol. The Kier molecular flexibility index (Phi) is 6.43. The molecule has 1 aliphatic rings. The SMILES string of the molecule is CN1CCN(c2ccc(Nc3ncc4ccc(-c5ccccc5CN[SH](=O)=O)n4n3)cc2)CC1. The number of fused-ring (bicyclic) bond motifs is 1. The molecule has 5 rings (SSSR count). The van der Waals surface area contributed by atoms with E-state index in [-0.39, 0.29) is 6.54 Å². The summed E-state index contributed by atoms with van der Waals surface area (Å²) in [5.41, 5.74) is 5.62. The average Bonchev–Trinajstić information content (AvgIpc) is 3.27. The third kappa shape index (κ3) is 4.89. The summed E-state index contributed by atoms with van der Waals surface area (Å²) in [6, 6.07) is 19.9. The number of benzene rings is 2. The maximum Gasteiger partial charge on any atom is 0.245 e. The van der Waals surface area contributed by atoms with Crippen molar-refractivity contribution in [2.45, 2.75) is 6.54 Å². The molecule has 0 aliphatic carbocycles. The van der Waals surface area contributed by atoms with Crippen LogP contribution in [0.3, 0.4) is 0 Å². The lowest BCUT2D eigenvalue weighted by molar-refractivity contribution is 0.313. The molecule has 0 atom stereocenters. The van der Waals surface area contributed by atoms with Crippen molar-refractivity contribution < 1.29 is 8.42 Å². The molecule has 4 aromatic rings. The first-order valence-electron chi connectivity index (χ1n) is 11.2. The van der Waals surface area contributed by atoms with E-state index in [2.05, 4.69) is 44.0 Å². The molecule has 0 radical (unpaired) electrons. The molecule has 3 heterocycles. The lowest BCUT2D eigenvalue weighted by Crippen LogP contribution is -2.44. The van der Waals surface area contributed by atoms with E-state index in [1.54, 1.807) is 6.20 Å². The fraction of sp³-hybridized carbons (Fsp3) is 0.250. The van der Waals surface area contributed by atoms with Crippen molar-refractivity contribution in [1.29, 1.82) is 0 Å². The van der Waals surface area contributed by atoms with E-state index in [9.17, 15) is 8.42 Å². The van der Waals surface area contributed by atoms with E-state index in [0.29, 0.717) is 5.95 Å². The van der Waals surface area contributed by atoms with Gasteiger partial charge in [0.1, 0.15) is 0 Å². The van der Waals surface area contributed by atoms with Gasteiger partial charge in [0.25, 0.3) is 0 Å². The van der Waals surface area contributed by atoms with Crippen LogP contribution in [0.4, 0.5) is 17.3 Å². The fourth-order valence-corrected chi connectivity index (χ4v) is 4.49. The number of piperazine rings is 1. The molecule has 1 aliphatic heterocycles. The van der Waals surface area contributed by atoms with E-state index in [1.165, 1.54) is 5.69 Å². The summed E-state index contributed by atoms with van der Waals surface area (Å²) in [7, 11) is -0.514. The van der Waals surface area contributed by atoms with E-state index in [4.69, 9.17) is 5.10 Å². The predicted octanol–water partition coefficient (Wildman–Crippen LogP) is 2.51. The highest BCUT2D eigenvalue weighted by Gasteiger charge is 2.15. The van der Waals surface area contributed by atoms with Crippen molar-refractivity contribution in [2.75, 3.05) is 43.4 Å². The van der Waals surface area contributed by atoms with Gasteiger partial charge in [-0.15, -0.1) is 5.10 Å². The third-order valence-corrected chi connectivity index (χ3v) is 6.50. The number of thiol groups is 1. The Morgan fingerprint density at radius 3 is 2.47 bits per heavy atom. The Morgan fingerprint density at radius 2 is 1.71 bits per heavy atom. The number of likely N-dealkylation sites (N-methyl/N-ethyl adjacent to an activating group) is 1. The number of aromatic nitrogens is 3. The molecule has 2 aromatic heterocycles. The first kappa shape index (κ1) is 22.3. The van der Waals surface area contributed by atoms with Gasteiger partial charge >= 0.3 is 0 Å². The van der Waals surface area contributed by atoms with Crippen molar-refractivity contribution in [3.8, 4) is 11.3 Å².